The van der Waals surface area contributed by atoms with Crippen LogP contribution in [0, 0.1) is 0 Å². The van der Waals surface area contributed by atoms with Gasteiger partial charge in [0.15, 0.2) is 0 Å². The Morgan fingerprint density at radius 3 is 2.67 bits per heavy atom. The van der Waals surface area contributed by atoms with Gasteiger partial charge in [0.1, 0.15) is 5.69 Å². The van der Waals surface area contributed by atoms with Crippen LogP contribution < -0.4 is 10.9 Å². The molecule has 2 rings (SSSR count). The molecule has 21 heavy (non-hydrogen) atoms. The number of alkyl halides is 3. The molecule has 0 unspecified atom stereocenters. The van der Waals surface area contributed by atoms with E-state index in [9.17, 15) is 18.0 Å². The fourth-order valence-electron chi connectivity index (χ4n) is 1.92. The van der Waals surface area contributed by atoms with E-state index in [1.807, 2.05) is 6.07 Å². The quantitative estimate of drug-likeness (QED) is 0.859. The topological polar surface area (TPSA) is 46.9 Å². The number of aromatic nitrogens is 2. The van der Waals surface area contributed by atoms with Crippen molar-refractivity contribution in [3.8, 4) is 0 Å². The molecular weight excluding hydrogens is 283 g/mol. The van der Waals surface area contributed by atoms with E-state index in [1.54, 1.807) is 18.5 Å². The van der Waals surface area contributed by atoms with E-state index in [-0.39, 0.29) is 13.1 Å². The summed E-state index contributed by atoms with van der Waals surface area (Å²) in [6.07, 6.45) is -1.23. The van der Waals surface area contributed by atoms with Crippen molar-refractivity contribution in [1.82, 2.24) is 14.9 Å². The van der Waals surface area contributed by atoms with Crippen molar-refractivity contribution in [2.75, 3.05) is 6.54 Å². The first-order valence-corrected chi connectivity index (χ1v) is 6.35. The van der Waals surface area contributed by atoms with Crippen LogP contribution in [0.25, 0.3) is 0 Å². The molecule has 0 fully saturated rings. The Morgan fingerprint density at radius 1 is 1.19 bits per heavy atom. The Morgan fingerprint density at radius 2 is 2.00 bits per heavy atom. The van der Waals surface area contributed by atoms with Crippen LogP contribution in [0.2, 0.25) is 0 Å². The maximum atomic E-state index is 12.8. The zero-order valence-corrected chi connectivity index (χ0v) is 11.1. The molecule has 0 bridgehead atoms. The van der Waals surface area contributed by atoms with Gasteiger partial charge in [0.05, 0.1) is 0 Å². The monoisotopic (exact) mass is 297 g/mol. The molecule has 2 aromatic rings. The summed E-state index contributed by atoms with van der Waals surface area (Å²) in [5.74, 6) is 0. The number of nitrogens with one attached hydrogen (secondary N) is 1. The largest absolute Gasteiger partial charge is 0.431 e. The predicted octanol–water partition coefficient (Wildman–Crippen LogP) is 2.05. The van der Waals surface area contributed by atoms with Gasteiger partial charge in [-0.2, -0.15) is 13.2 Å². The number of nitrogens with zero attached hydrogens (tertiary/aromatic N) is 2. The molecule has 2 heterocycles. The van der Waals surface area contributed by atoms with Gasteiger partial charge < -0.3 is 9.88 Å². The van der Waals surface area contributed by atoms with Gasteiger partial charge in [0, 0.05) is 38.1 Å². The summed E-state index contributed by atoms with van der Waals surface area (Å²) in [7, 11) is 0. The average Bonchev–Trinajstić information content (AvgIpc) is 2.45. The van der Waals surface area contributed by atoms with Crippen molar-refractivity contribution >= 4 is 0 Å². The molecule has 0 saturated heterocycles. The molecule has 4 nitrogen and oxygen atoms in total. The van der Waals surface area contributed by atoms with E-state index in [0.717, 1.165) is 28.3 Å². The molecular formula is C14H14F3N3O. The lowest BCUT2D eigenvalue weighted by Gasteiger charge is -2.15. The Hall–Kier alpha value is -2.15. The Kier molecular flexibility index (Phi) is 4.74. The molecule has 0 atom stereocenters. The second-order valence-electron chi connectivity index (χ2n) is 4.44. The molecule has 0 amide bonds. The maximum absolute atomic E-state index is 12.8. The Balaban J connectivity index is 1.99. The van der Waals surface area contributed by atoms with E-state index in [0.29, 0.717) is 6.54 Å². The van der Waals surface area contributed by atoms with Gasteiger partial charge in [-0.1, -0.05) is 12.1 Å². The molecule has 7 heteroatoms. The summed E-state index contributed by atoms with van der Waals surface area (Å²) in [5.41, 5.74) is -0.667. The van der Waals surface area contributed by atoms with Crippen molar-refractivity contribution in [2.24, 2.45) is 0 Å². The van der Waals surface area contributed by atoms with Gasteiger partial charge in [-0.05, 0) is 17.7 Å². The maximum Gasteiger partial charge on any atom is 0.431 e. The first kappa shape index (κ1) is 15.2. The first-order valence-electron chi connectivity index (χ1n) is 6.35. The van der Waals surface area contributed by atoms with E-state index >= 15 is 0 Å². The second-order valence-corrected chi connectivity index (χ2v) is 4.44. The van der Waals surface area contributed by atoms with Gasteiger partial charge in [-0.25, -0.2) is 0 Å². The van der Waals surface area contributed by atoms with E-state index in [2.05, 4.69) is 10.3 Å². The fourth-order valence-corrected chi connectivity index (χ4v) is 1.92. The molecule has 0 saturated carbocycles. The summed E-state index contributed by atoms with van der Waals surface area (Å²) in [6, 6.07) is 6.78. The zero-order chi connectivity index (χ0) is 15.3. The minimum absolute atomic E-state index is 0.0468. The van der Waals surface area contributed by atoms with E-state index < -0.39 is 17.4 Å². The normalized spacial score (nSPS) is 11.6. The van der Waals surface area contributed by atoms with Crippen LogP contribution in [-0.4, -0.2) is 16.1 Å². The number of pyridine rings is 2. The SMILES string of the molecule is O=c1cccc(C(F)(F)F)n1CCNCc1cccnc1. The lowest BCUT2D eigenvalue weighted by atomic mass is 10.3. The van der Waals surface area contributed by atoms with Crippen LogP contribution in [0.1, 0.15) is 11.3 Å². The van der Waals surface area contributed by atoms with Crippen molar-refractivity contribution in [2.45, 2.75) is 19.3 Å². The molecule has 0 radical (unpaired) electrons. The highest BCUT2D eigenvalue weighted by Crippen LogP contribution is 2.27. The average molecular weight is 297 g/mol. The smallest absolute Gasteiger partial charge is 0.311 e. The molecule has 0 aromatic carbocycles. The Bertz CT molecular complexity index is 638. The number of halogens is 3. The summed E-state index contributed by atoms with van der Waals surface area (Å²) in [5, 5.41) is 2.99. The van der Waals surface area contributed by atoms with Crippen LogP contribution in [0.5, 0.6) is 0 Å². The lowest BCUT2D eigenvalue weighted by Crippen LogP contribution is -2.31. The summed E-state index contributed by atoms with van der Waals surface area (Å²) in [6.45, 7) is 0.688. The highest BCUT2D eigenvalue weighted by Gasteiger charge is 2.33. The molecule has 112 valence electrons. The highest BCUT2D eigenvalue weighted by molar-refractivity contribution is 5.10. The van der Waals surface area contributed by atoms with E-state index in [1.165, 1.54) is 0 Å². The summed E-state index contributed by atoms with van der Waals surface area (Å²) in [4.78, 5) is 15.5. The minimum Gasteiger partial charge on any atom is -0.311 e. The third-order valence-corrected chi connectivity index (χ3v) is 2.90. The molecule has 0 aliphatic heterocycles. The Labute approximate surface area is 119 Å². The molecule has 2 aromatic heterocycles. The predicted molar refractivity (Wildman–Crippen MR) is 71.6 cm³/mol. The summed E-state index contributed by atoms with van der Waals surface area (Å²) < 4.78 is 39.2. The van der Waals surface area contributed by atoms with Crippen molar-refractivity contribution in [1.29, 1.82) is 0 Å². The standard InChI is InChI=1S/C14H14F3N3O/c15-14(16,17)12-4-1-5-13(21)20(12)8-7-19-10-11-3-2-6-18-9-11/h1-6,9,19H,7-8,10H2. The molecule has 1 N–H and O–H groups in total. The number of hydrogen-bond acceptors (Lipinski definition) is 3. The lowest BCUT2D eigenvalue weighted by molar-refractivity contribution is -0.144. The van der Waals surface area contributed by atoms with Crippen molar-refractivity contribution in [3.63, 3.8) is 0 Å². The second kappa shape index (κ2) is 6.53. The van der Waals surface area contributed by atoms with Crippen LogP contribution in [0.15, 0.2) is 47.5 Å². The van der Waals surface area contributed by atoms with Crippen LogP contribution in [0.4, 0.5) is 13.2 Å². The third-order valence-electron chi connectivity index (χ3n) is 2.90. The minimum atomic E-state index is -4.54. The van der Waals surface area contributed by atoms with Gasteiger partial charge in [-0.15, -0.1) is 0 Å². The van der Waals surface area contributed by atoms with Gasteiger partial charge >= 0.3 is 6.18 Å². The van der Waals surface area contributed by atoms with E-state index in [4.69, 9.17) is 0 Å². The fraction of sp³-hybridized carbons (Fsp3) is 0.286. The van der Waals surface area contributed by atoms with Crippen molar-refractivity contribution < 1.29 is 13.2 Å². The van der Waals surface area contributed by atoms with Crippen LogP contribution in [0.3, 0.4) is 0 Å². The van der Waals surface area contributed by atoms with Crippen molar-refractivity contribution in [3.05, 3.63) is 64.3 Å². The highest BCUT2D eigenvalue weighted by atomic mass is 19.4. The van der Waals surface area contributed by atoms with Crippen LogP contribution in [-0.2, 0) is 19.3 Å². The first-order chi connectivity index (χ1) is 9.98. The zero-order valence-electron chi connectivity index (χ0n) is 11.1. The third kappa shape index (κ3) is 4.16. The molecule has 0 aliphatic rings. The van der Waals surface area contributed by atoms with Gasteiger partial charge in [0.25, 0.3) is 5.56 Å². The molecule has 0 spiro atoms. The van der Waals surface area contributed by atoms with Crippen LogP contribution >= 0.6 is 0 Å². The number of hydrogen-bond donors (Lipinski definition) is 1. The van der Waals surface area contributed by atoms with Gasteiger partial charge in [0.2, 0.25) is 0 Å². The molecule has 0 aliphatic carbocycles. The number of rotatable bonds is 5. The van der Waals surface area contributed by atoms with Gasteiger partial charge in [-0.3, -0.25) is 9.78 Å². The summed E-state index contributed by atoms with van der Waals surface area (Å²) >= 11 is 0.